The standard InChI is InChI=1S/C23H30F2N4/c1-5-16(11-12-27-7-3)29-21-13-18(22-15(4)9-8-10-20(22)24)23(25)19(14-28-26)17(21)6-2/h6,8-10,13-14,16,27,29H,2,5,7,11-12,26H2,1,3-4H3/b28-14-. The van der Waals surface area contributed by atoms with Gasteiger partial charge in [0.05, 0.1) is 6.21 Å². The average molecular weight is 401 g/mol. The van der Waals surface area contributed by atoms with Gasteiger partial charge in [0.15, 0.2) is 0 Å². The number of hydrogen-bond donors (Lipinski definition) is 3. The lowest BCUT2D eigenvalue weighted by atomic mass is 9.93. The van der Waals surface area contributed by atoms with Crippen molar-refractivity contribution in [2.75, 3.05) is 18.4 Å². The van der Waals surface area contributed by atoms with E-state index in [2.05, 4.69) is 36.2 Å². The van der Waals surface area contributed by atoms with Gasteiger partial charge in [0.1, 0.15) is 11.6 Å². The normalized spacial score (nSPS) is 12.3. The first-order valence-corrected chi connectivity index (χ1v) is 9.93. The highest BCUT2D eigenvalue weighted by atomic mass is 19.1. The minimum atomic E-state index is -0.575. The fourth-order valence-electron chi connectivity index (χ4n) is 3.44. The van der Waals surface area contributed by atoms with Crippen molar-refractivity contribution in [2.24, 2.45) is 10.9 Å². The van der Waals surface area contributed by atoms with Gasteiger partial charge in [-0.2, -0.15) is 5.10 Å². The molecule has 0 amide bonds. The van der Waals surface area contributed by atoms with E-state index in [4.69, 9.17) is 5.84 Å². The summed E-state index contributed by atoms with van der Waals surface area (Å²) < 4.78 is 30.0. The van der Waals surface area contributed by atoms with E-state index in [0.717, 1.165) is 25.9 Å². The highest BCUT2D eigenvalue weighted by Gasteiger charge is 2.21. The molecule has 0 aliphatic rings. The van der Waals surface area contributed by atoms with Gasteiger partial charge in [0.2, 0.25) is 0 Å². The minimum absolute atomic E-state index is 0.162. The van der Waals surface area contributed by atoms with E-state index < -0.39 is 11.6 Å². The van der Waals surface area contributed by atoms with Crippen molar-refractivity contribution < 1.29 is 8.78 Å². The molecule has 4 nitrogen and oxygen atoms in total. The van der Waals surface area contributed by atoms with Crippen LogP contribution in [0, 0.1) is 18.6 Å². The Kier molecular flexibility index (Phi) is 8.34. The van der Waals surface area contributed by atoms with Crippen LogP contribution in [0.1, 0.15) is 43.4 Å². The topological polar surface area (TPSA) is 62.4 Å². The van der Waals surface area contributed by atoms with Gasteiger partial charge in [-0.05, 0) is 50.6 Å². The Morgan fingerprint density at radius 3 is 2.59 bits per heavy atom. The second-order valence-electron chi connectivity index (χ2n) is 6.92. The molecule has 2 rings (SSSR count). The molecule has 29 heavy (non-hydrogen) atoms. The molecular weight excluding hydrogens is 370 g/mol. The molecule has 4 N–H and O–H groups in total. The van der Waals surface area contributed by atoms with Crippen LogP contribution < -0.4 is 16.5 Å². The largest absolute Gasteiger partial charge is 0.382 e. The van der Waals surface area contributed by atoms with Crippen molar-refractivity contribution in [3.63, 3.8) is 0 Å². The zero-order valence-corrected chi connectivity index (χ0v) is 17.4. The first-order chi connectivity index (χ1) is 14.0. The van der Waals surface area contributed by atoms with Crippen LogP contribution in [-0.2, 0) is 0 Å². The number of rotatable bonds is 10. The third kappa shape index (κ3) is 5.21. The quantitative estimate of drug-likeness (QED) is 0.226. The van der Waals surface area contributed by atoms with Crippen molar-refractivity contribution in [1.29, 1.82) is 0 Å². The number of nitrogens with zero attached hydrogens (tertiary/aromatic N) is 1. The molecule has 2 aromatic carbocycles. The molecular formula is C23H30F2N4. The second kappa shape index (κ2) is 10.7. The Balaban J connectivity index is 2.63. The molecule has 6 heteroatoms. The highest BCUT2D eigenvalue weighted by molar-refractivity contribution is 5.93. The Morgan fingerprint density at radius 1 is 1.24 bits per heavy atom. The maximum absolute atomic E-state index is 15.4. The summed E-state index contributed by atoms with van der Waals surface area (Å²) in [5.74, 6) is 4.27. The molecule has 0 heterocycles. The van der Waals surface area contributed by atoms with Crippen LogP contribution in [0.5, 0.6) is 0 Å². The maximum atomic E-state index is 15.4. The number of benzene rings is 2. The molecule has 156 valence electrons. The molecule has 0 spiro atoms. The first kappa shape index (κ1) is 22.6. The smallest absolute Gasteiger partial charge is 0.140 e. The SMILES string of the molecule is C=Cc1c(NC(CC)CCNCC)cc(-c2c(C)cccc2F)c(F)c1/C=N\N. The molecule has 0 saturated carbocycles. The molecule has 0 fully saturated rings. The number of anilines is 1. The minimum Gasteiger partial charge on any atom is -0.382 e. The summed E-state index contributed by atoms with van der Waals surface area (Å²) in [7, 11) is 0. The van der Waals surface area contributed by atoms with E-state index in [1.54, 1.807) is 31.2 Å². The Bertz CT molecular complexity index is 857. The summed E-state index contributed by atoms with van der Waals surface area (Å²) >= 11 is 0. The van der Waals surface area contributed by atoms with Crippen LogP contribution in [0.3, 0.4) is 0 Å². The van der Waals surface area contributed by atoms with Crippen LogP contribution >= 0.6 is 0 Å². The zero-order valence-electron chi connectivity index (χ0n) is 17.4. The first-order valence-electron chi connectivity index (χ1n) is 9.93. The molecule has 2 aromatic rings. The highest BCUT2D eigenvalue weighted by Crippen LogP contribution is 2.36. The van der Waals surface area contributed by atoms with Crippen molar-refractivity contribution >= 4 is 18.0 Å². The monoisotopic (exact) mass is 400 g/mol. The Hall–Kier alpha value is -2.73. The van der Waals surface area contributed by atoms with E-state index in [0.29, 0.717) is 16.8 Å². The molecule has 0 bridgehead atoms. The van der Waals surface area contributed by atoms with Gasteiger partial charge in [-0.1, -0.05) is 38.6 Å². The summed E-state index contributed by atoms with van der Waals surface area (Å²) in [6.45, 7) is 11.5. The summed E-state index contributed by atoms with van der Waals surface area (Å²) in [4.78, 5) is 0. The fourth-order valence-corrected chi connectivity index (χ4v) is 3.44. The van der Waals surface area contributed by atoms with Gasteiger partial charge in [-0.15, -0.1) is 0 Å². The van der Waals surface area contributed by atoms with Gasteiger partial charge < -0.3 is 16.5 Å². The lowest BCUT2D eigenvalue weighted by Gasteiger charge is -2.23. The molecule has 0 aliphatic heterocycles. The predicted octanol–water partition coefficient (Wildman–Crippen LogP) is 5.07. The van der Waals surface area contributed by atoms with Gasteiger partial charge in [0, 0.05) is 34.0 Å². The van der Waals surface area contributed by atoms with Crippen molar-refractivity contribution in [3.8, 4) is 11.1 Å². The van der Waals surface area contributed by atoms with Gasteiger partial charge >= 0.3 is 0 Å². The molecule has 0 radical (unpaired) electrons. The number of nitrogens with one attached hydrogen (secondary N) is 2. The number of hydrogen-bond acceptors (Lipinski definition) is 4. The van der Waals surface area contributed by atoms with Crippen molar-refractivity contribution in [2.45, 2.75) is 39.7 Å². The number of aryl methyl sites for hydroxylation is 1. The van der Waals surface area contributed by atoms with Crippen LogP contribution in [0.15, 0.2) is 35.9 Å². The maximum Gasteiger partial charge on any atom is 0.140 e. The van der Waals surface area contributed by atoms with E-state index in [1.165, 1.54) is 12.3 Å². The van der Waals surface area contributed by atoms with E-state index in [-0.39, 0.29) is 22.7 Å². The molecule has 0 saturated heterocycles. The third-order valence-corrected chi connectivity index (χ3v) is 5.01. The van der Waals surface area contributed by atoms with Gasteiger partial charge in [0.25, 0.3) is 0 Å². The van der Waals surface area contributed by atoms with Gasteiger partial charge in [-0.3, -0.25) is 0 Å². The molecule has 0 aliphatic carbocycles. The summed E-state index contributed by atoms with van der Waals surface area (Å²) in [6.07, 6.45) is 4.59. The molecule has 0 aromatic heterocycles. The van der Waals surface area contributed by atoms with E-state index >= 15 is 4.39 Å². The van der Waals surface area contributed by atoms with E-state index in [1.807, 2.05) is 0 Å². The predicted molar refractivity (Wildman–Crippen MR) is 119 cm³/mol. The zero-order chi connectivity index (χ0) is 21.4. The number of halogens is 2. The van der Waals surface area contributed by atoms with E-state index in [9.17, 15) is 4.39 Å². The Morgan fingerprint density at radius 2 is 2.00 bits per heavy atom. The van der Waals surface area contributed by atoms with Crippen LogP contribution in [0.25, 0.3) is 17.2 Å². The summed E-state index contributed by atoms with van der Waals surface area (Å²) in [5, 5.41) is 10.3. The lowest BCUT2D eigenvalue weighted by molar-refractivity contribution is 0.584. The van der Waals surface area contributed by atoms with Crippen molar-refractivity contribution in [1.82, 2.24) is 5.32 Å². The molecule has 1 atom stereocenters. The average Bonchev–Trinajstić information content (AvgIpc) is 2.70. The second-order valence-corrected chi connectivity index (χ2v) is 6.92. The summed E-state index contributed by atoms with van der Waals surface area (Å²) in [5.41, 5.74) is 2.47. The van der Waals surface area contributed by atoms with Crippen molar-refractivity contribution in [3.05, 3.63) is 59.2 Å². The number of hydrazone groups is 1. The summed E-state index contributed by atoms with van der Waals surface area (Å²) in [6, 6.07) is 6.52. The molecule has 1 unspecified atom stereocenters. The lowest BCUT2D eigenvalue weighted by Crippen LogP contribution is -2.26. The fraction of sp³-hybridized carbons (Fsp3) is 0.348. The van der Waals surface area contributed by atoms with Gasteiger partial charge in [-0.25, -0.2) is 8.78 Å². The van der Waals surface area contributed by atoms with Crippen LogP contribution in [0.2, 0.25) is 0 Å². The number of nitrogens with two attached hydrogens (primary N) is 1. The van der Waals surface area contributed by atoms with Crippen LogP contribution in [0.4, 0.5) is 14.5 Å². The van der Waals surface area contributed by atoms with Crippen LogP contribution in [-0.4, -0.2) is 25.3 Å². The Labute approximate surface area is 171 Å². The third-order valence-electron chi connectivity index (χ3n) is 5.01.